The van der Waals surface area contributed by atoms with Crippen LogP contribution < -0.4 is 5.32 Å². The molecule has 0 unspecified atom stereocenters. The van der Waals surface area contributed by atoms with Gasteiger partial charge in [-0.05, 0) is 12.1 Å². The van der Waals surface area contributed by atoms with Gasteiger partial charge in [-0.3, -0.25) is 9.69 Å². The van der Waals surface area contributed by atoms with Crippen molar-refractivity contribution in [3.05, 3.63) is 29.8 Å². The van der Waals surface area contributed by atoms with Crippen molar-refractivity contribution in [3.8, 4) is 0 Å². The number of ether oxygens (including phenoxy) is 1. The molecule has 1 aliphatic rings. The van der Waals surface area contributed by atoms with E-state index in [0.717, 1.165) is 25.2 Å². The van der Waals surface area contributed by atoms with E-state index < -0.39 is 17.5 Å². The lowest BCUT2D eigenvalue weighted by Gasteiger charge is -2.26. The zero-order valence-corrected chi connectivity index (χ0v) is 10.5. The molecule has 0 atom stereocenters. The molecule has 1 fully saturated rings. The summed E-state index contributed by atoms with van der Waals surface area (Å²) < 4.78 is 31.8. The molecule has 1 saturated heterocycles. The number of nitrogens with zero attached hydrogens (tertiary/aromatic N) is 1. The highest BCUT2D eigenvalue weighted by molar-refractivity contribution is 5.91. The van der Waals surface area contributed by atoms with Gasteiger partial charge in [0.2, 0.25) is 5.91 Å². The van der Waals surface area contributed by atoms with Crippen LogP contribution in [0.25, 0.3) is 0 Å². The monoisotopic (exact) mass is 270 g/mol. The highest BCUT2D eigenvalue weighted by Gasteiger charge is 2.14. The zero-order chi connectivity index (χ0) is 13.7. The molecule has 2 rings (SSSR count). The molecular weight excluding hydrogens is 254 g/mol. The number of rotatable bonds is 4. The lowest BCUT2D eigenvalue weighted by Crippen LogP contribution is -2.38. The van der Waals surface area contributed by atoms with Gasteiger partial charge in [0.15, 0.2) is 0 Å². The number of nitrogens with one attached hydrogen (secondary N) is 1. The Hall–Kier alpha value is -1.53. The molecule has 1 N–H and O–H groups in total. The second kappa shape index (κ2) is 6.58. The Morgan fingerprint density at radius 1 is 1.26 bits per heavy atom. The van der Waals surface area contributed by atoms with E-state index in [-0.39, 0.29) is 12.1 Å². The summed E-state index contributed by atoms with van der Waals surface area (Å²) in [5, 5.41) is 2.27. The number of morpholine rings is 1. The summed E-state index contributed by atoms with van der Waals surface area (Å²) >= 11 is 0. The fourth-order valence-corrected chi connectivity index (χ4v) is 1.90. The molecule has 1 aromatic carbocycles. The van der Waals surface area contributed by atoms with E-state index in [0.29, 0.717) is 19.8 Å². The van der Waals surface area contributed by atoms with Crippen molar-refractivity contribution in [2.24, 2.45) is 0 Å². The van der Waals surface area contributed by atoms with Crippen molar-refractivity contribution in [1.82, 2.24) is 4.90 Å². The van der Waals surface area contributed by atoms with E-state index in [1.807, 2.05) is 0 Å². The molecule has 1 heterocycles. The van der Waals surface area contributed by atoms with Crippen LogP contribution in [0.3, 0.4) is 0 Å². The molecule has 104 valence electrons. The first-order valence-corrected chi connectivity index (χ1v) is 6.21. The minimum Gasteiger partial charge on any atom is -0.379 e. The van der Waals surface area contributed by atoms with Gasteiger partial charge in [-0.2, -0.15) is 0 Å². The fraction of sp³-hybridized carbons (Fsp3) is 0.462. The highest BCUT2D eigenvalue weighted by Crippen LogP contribution is 2.18. The van der Waals surface area contributed by atoms with Gasteiger partial charge < -0.3 is 10.1 Å². The van der Waals surface area contributed by atoms with Crippen LogP contribution in [0.4, 0.5) is 14.5 Å². The van der Waals surface area contributed by atoms with Crippen LogP contribution in [-0.2, 0) is 9.53 Å². The van der Waals surface area contributed by atoms with Crippen LogP contribution >= 0.6 is 0 Å². The average molecular weight is 270 g/mol. The first-order valence-electron chi connectivity index (χ1n) is 6.21. The smallest absolute Gasteiger partial charge is 0.225 e. The van der Waals surface area contributed by atoms with Gasteiger partial charge >= 0.3 is 0 Å². The molecular formula is C13H16F2N2O2. The van der Waals surface area contributed by atoms with E-state index in [9.17, 15) is 13.6 Å². The Labute approximate surface area is 110 Å². The van der Waals surface area contributed by atoms with Crippen LogP contribution in [0.1, 0.15) is 6.42 Å². The summed E-state index contributed by atoms with van der Waals surface area (Å²) in [4.78, 5) is 13.7. The van der Waals surface area contributed by atoms with Gasteiger partial charge in [0, 0.05) is 26.1 Å². The van der Waals surface area contributed by atoms with Crippen LogP contribution in [0.5, 0.6) is 0 Å². The minimum atomic E-state index is -0.764. The molecule has 1 amide bonds. The number of para-hydroxylation sites is 1. The molecule has 0 radical (unpaired) electrons. The maximum absolute atomic E-state index is 13.3. The van der Waals surface area contributed by atoms with Crippen molar-refractivity contribution >= 4 is 11.6 Å². The van der Waals surface area contributed by atoms with Gasteiger partial charge in [-0.1, -0.05) is 6.07 Å². The fourth-order valence-electron chi connectivity index (χ4n) is 1.90. The number of amides is 1. The third-order valence-corrected chi connectivity index (χ3v) is 2.99. The van der Waals surface area contributed by atoms with Crippen molar-refractivity contribution in [2.45, 2.75) is 6.42 Å². The number of carbonyl (C=O) groups is 1. The molecule has 0 aromatic heterocycles. The van der Waals surface area contributed by atoms with Crippen LogP contribution in [0.15, 0.2) is 18.2 Å². The molecule has 4 nitrogen and oxygen atoms in total. The van der Waals surface area contributed by atoms with E-state index in [2.05, 4.69) is 10.2 Å². The van der Waals surface area contributed by atoms with E-state index in [1.165, 1.54) is 6.07 Å². The number of carbonyl (C=O) groups excluding carboxylic acids is 1. The molecule has 6 heteroatoms. The molecule has 0 bridgehead atoms. The van der Waals surface area contributed by atoms with Crippen LogP contribution in [0.2, 0.25) is 0 Å². The van der Waals surface area contributed by atoms with Crippen molar-refractivity contribution in [1.29, 1.82) is 0 Å². The molecule has 19 heavy (non-hydrogen) atoms. The molecule has 0 spiro atoms. The normalized spacial score (nSPS) is 16.3. The second-order valence-electron chi connectivity index (χ2n) is 4.35. The van der Waals surface area contributed by atoms with Crippen LogP contribution in [-0.4, -0.2) is 43.7 Å². The molecule has 1 aromatic rings. The van der Waals surface area contributed by atoms with Crippen LogP contribution in [0, 0.1) is 11.6 Å². The topological polar surface area (TPSA) is 41.6 Å². The number of benzene rings is 1. The van der Waals surface area contributed by atoms with Crippen molar-refractivity contribution in [2.75, 3.05) is 38.2 Å². The molecule has 1 aliphatic heterocycles. The molecule has 0 aliphatic carbocycles. The number of halogens is 2. The molecule has 0 saturated carbocycles. The summed E-state index contributed by atoms with van der Waals surface area (Å²) in [6.07, 6.45) is 0.202. The van der Waals surface area contributed by atoms with Crippen molar-refractivity contribution < 1.29 is 18.3 Å². The number of anilines is 1. The van der Waals surface area contributed by atoms with E-state index >= 15 is 0 Å². The van der Waals surface area contributed by atoms with Gasteiger partial charge in [0.1, 0.15) is 17.3 Å². The maximum Gasteiger partial charge on any atom is 0.225 e. The Balaban J connectivity index is 1.83. The largest absolute Gasteiger partial charge is 0.379 e. The summed E-state index contributed by atoms with van der Waals surface area (Å²) in [5.41, 5.74) is -0.380. The number of hydrogen-bond donors (Lipinski definition) is 1. The summed E-state index contributed by atoms with van der Waals surface area (Å²) in [7, 11) is 0. The first-order chi connectivity index (χ1) is 9.16. The summed E-state index contributed by atoms with van der Waals surface area (Å²) in [6, 6.07) is 3.48. The third-order valence-electron chi connectivity index (χ3n) is 2.99. The summed E-state index contributed by atoms with van der Waals surface area (Å²) in [5.74, 6) is -1.92. The van der Waals surface area contributed by atoms with Gasteiger partial charge in [0.25, 0.3) is 0 Å². The van der Waals surface area contributed by atoms with Crippen molar-refractivity contribution in [3.63, 3.8) is 0 Å². The highest BCUT2D eigenvalue weighted by atomic mass is 19.1. The Morgan fingerprint density at radius 3 is 2.53 bits per heavy atom. The summed E-state index contributed by atoms with van der Waals surface area (Å²) in [6.45, 7) is 3.43. The van der Waals surface area contributed by atoms with Gasteiger partial charge in [-0.25, -0.2) is 8.78 Å². The van der Waals surface area contributed by atoms with Gasteiger partial charge in [-0.15, -0.1) is 0 Å². The quantitative estimate of drug-likeness (QED) is 0.904. The van der Waals surface area contributed by atoms with E-state index in [1.54, 1.807) is 0 Å². The minimum absolute atomic E-state index is 0.202. The average Bonchev–Trinajstić information content (AvgIpc) is 2.42. The predicted octanol–water partition coefficient (Wildman–Crippen LogP) is 1.63. The lowest BCUT2D eigenvalue weighted by atomic mass is 10.2. The standard InChI is InChI=1S/C13H16F2N2O2/c14-10-2-1-3-11(15)13(10)16-12(18)4-5-17-6-8-19-9-7-17/h1-3H,4-9H2,(H,16,18). The Kier molecular flexibility index (Phi) is 4.81. The Morgan fingerprint density at radius 2 is 1.89 bits per heavy atom. The third kappa shape index (κ3) is 3.97. The van der Waals surface area contributed by atoms with E-state index in [4.69, 9.17) is 4.74 Å². The first kappa shape index (κ1) is 13.9. The predicted molar refractivity (Wildman–Crippen MR) is 66.9 cm³/mol. The lowest BCUT2D eigenvalue weighted by molar-refractivity contribution is -0.116. The Bertz CT molecular complexity index is 428. The SMILES string of the molecule is O=C(CCN1CCOCC1)Nc1c(F)cccc1F. The second-order valence-corrected chi connectivity index (χ2v) is 4.35. The van der Waals surface area contributed by atoms with Gasteiger partial charge in [0.05, 0.1) is 13.2 Å². The zero-order valence-electron chi connectivity index (χ0n) is 10.5. The maximum atomic E-state index is 13.3. The number of hydrogen-bond acceptors (Lipinski definition) is 3.